The number of ether oxygens (including phenoxy) is 2. The molecule has 0 spiro atoms. The van der Waals surface area contributed by atoms with Crippen LogP contribution in [-0.2, 0) is 27.7 Å². The van der Waals surface area contributed by atoms with Gasteiger partial charge in [-0.05, 0) is 91.8 Å². The molecular formula is C28H29ClN2O5S. The average Bonchev–Trinajstić information content (AvgIpc) is 2.92. The first-order valence-electron chi connectivity index (χ1n) is 12.3. The third-order valence-electron chi connectivity index (χ3n) is 6.96. The molecule has 2 aliphatic rings. The van der Waals surface area contributed by atoms with Crippen LogP contribution < -0.4 is 19.1 Å². The summed E-state index contributed by atoms with van der Waals surface area (Å²) in [7, 11) is -2.50. The molecule has 0 saturated carbocycles. The van der Waals surface area contributed by atoms with Crippen molar-refractivity contribution in [2.75, 3.05) is 18.0 Å². The van der Waals surface area contributed by atoms with Crippen molar-refractivity contribution < 1.29 is 22.7 Å². The fourth-order valence-electron chi connectivity index (χ4n) is 4.88. The van der Waals surface area contributed by atoms with Crippen molar-refractivity contribution >= 4 is 33.2 Å². The van der Waals surface area contributed by atoms with Crippen LogP contribution in [0.4, 0.5) is 5.69 Å². The Morgan fingerprint density at radius 2 is 1.78 bits per heavy atom. The first kappa shape index (κ1) is 25.4. The molecule has 0 radical (unpaired) electrons. The van der Waals surface area contributed by atoms with E-state index in [0.717, 1.165) is 18.4 Å². The minimum absolute atomic E-state index is 0.0720. The van der Waals surface area contributed by atoms with Crippen LogP contribution in [0.2, 0.25) is 5.02 Å². The smallest absolute Gasteiger partial charge is 0.264 e. The maximum absolute atomic E-state index is 13.7. The molecule has 0 bridgehead atoms. The van der Waals surface area contributed by atoms with E-state index in [0.29, 0.717) is 10.8 Å². The van der Waals surface area contributed by atoms with Crippen LogP contribution in [0.1, 0.15) is 42.5 Å². The van der Waals surface area contributed by atoms with Gasteiger partial charge in [-0.2, -0.15) is 0 Å². The summed E-state index contributed by atoms with van der Waals surface area (Å²) >= 11 is 6.19. The zero-order valence-corrected chi connectivity index (χ0v) is 22.3. The van der Waals surface area contributed by atoms with Gasteiger partial charge < -0.3 is 14.8 Å². The Kier molecular flexibility index (Phi) is 7.05. The number of aryl methyl sites for hydroxylation is 2. The Morgan fingerprint density at radius 1 is 1.05 bits per heavy atom. The van der Waals surface area contributed by atoms with Gasteiger partial charge in [0.25, 0.3) is 15.9 Å². The largest absolute Gasteiger partial charge is 0.497 e. The van der Waals surface area contributed by atoms with Gasteiger partial charge in [-0.25, -0.2) is 8.42 Å². The second kappa shape index (κ2) is 10.3. The highest BCUT2D eigenvalue weighted by Gasteiger charge is 2.38. The zero-order chi connectivity index (χ0) is 26.2. The SMILES string of the molecule is COc1ccc(S(=O)(=O)N2C[C@@H](C(=O)N[C@@H](C)c3ccc4c(c3)CCCC4)Oc3ccc(Cl)cc32)cc1. The number of nitrogens with zero attached hydrogens (tertiary/aromatic N) is 1. The molecule has 1 N–H and O–H groups in total. The van der Waals surface area contributed by atoms with Crippen LogP contribution in [0.25, 0.3) is 0 Å². The Morgan fingerprint density at radius 3 is 2.51 bits per heavy atom. The summed E-state index contributed by atoms with van der Waals surface area (Å²) in [6, 6.07) is 16.9. The highest BCUT2D eigenvalue weighted by atomic mass is 35.5. The van der Waals surface area contributed by atoms with Crippen molar-refractivity contribution in [2.24, 2.45) is 0 Å². The molecule has 9 heteroatoms. The Hall–Kier alpha value is -3.23. The van der Waals surface area contributed by atoms with Gasteiger partial charge in [0.1, 0.15) is 11.5 Å². The van der Waals surface area contributed by atoms with E-state index in [-0.39, 0.29) is 34.8 Å². The first-order chi connectivity index (χ1) is 17.8. The van der Waals surface area contributed by atoms with E-state index >= 15 is 0 Å². The predicted molar refractivity (Wildman–Crippen MR) is 143 cm³/mol. The molecule has 5 rings (SSSR count). The number of hydrogen-bond donors (Lipinski definition) is 1. The van der Waals surface area contributed by atoms with E-state index in [1.165, 1.54) is 53.6 Å². The number of methoxy groups -OCH3 is 1. The maximum atomic E-state index is 13.7. The lowest BCUT2D eigenvalue weighted by Crippen LogP contribution is -2.51. The molecule has 194 valence electrons. The van der Waals surface area contributed by atoms with Gasteiger partial charge in [-0.3, -0.25) is 9.10 Å². The third-order valence-corrected chi connectivity index (χ3v) is 8.99. The molecule has 7 nitrogen and oxygen atoms in total. The third kappa shape index (κ3) is 5.13. The minimum Gasteiger partial charge on any atom is -0.497 e. The van der Waals surface area contributed by atoms with Gasteiger partial charge in [-0.15, -0.1) is 0 Å². The number of hydrogen-bond acceptors (Lipinski definition) is 5. The zero-order valence-electron chi connectivity index (χ0n) is 20.7. The molecule has 1 amide bonds. The Balaban J connectivity index is 1.40. The molecule has 3 aromatic rings. The number of halogens is 1. The number of carbonyl (C=O) groups excluding carboxylic acids is 1. The summed E-state index contributed by atoms with van der Waals surface area (Å²) in [6.07, 6.45) is 3.48. The first-order valence-corrected chi connectivity index (χ1v) is 14.1. The standard InChI is InChI=1S/C28H29ClN2O5S/c1-18(20-8-7-19-5-3-4-6-21(19)15-20)30-28(32)27-17-31(25-16-22(29)9-14-26(25)36-27)37(33,34)24-12-10-23(35-2)11-13-24/h7-16,18,27H,3-6,17H2,1-2H3,(H,30,32)/t18-,27-/m0/s1. The Bertz CT molecular complexity index is 1420. The number of rotatable bonds is 6. The number of sulfonamides is 1. The van der Waals surface area contributed by atoms with Gasteiger partial charge in [0.05, 0.1) is 30.3 Å². The van der Waals surface area contributed by atoms with Crippen LogP contribution in [0, 0.1) is 0 Å². The molecule has 1 aliphatic carbocycles. The van der Waals surface area contributed by atoms with E-state index < -0.39 is 16.1 Å². The van der Waals surface area contributed by atoms with Crippen molar-refractivity contribution in [1.82, 2.24) is 5.32 Å². The summed E-state index contributed by atoms with van der Waals surface area (Å²) in [4.78, 5) is 13.4. The number of amides is 1. The van der Waals surface area contributed by atoms with Crippen molar-refractivity contribution in [1.29, 1.82) is 0 Å². The van der Waals surface area contributed by atoms with E-state index in [1.54, 1.807) is 24.3 Å². The molecule has 37 heavy (non-hydrogen) atoms. The van der Waals surface area contributed by atoms with Gasteiger partial charge in [0.15, 0.2) is 6.10 Å². The van der Waals surface area contributed by atoms with Gasteiger partial charge in [-0.1, -0.05) is 29.8 Å². The number of fused-ring (bicyclic) bond motifs is 2. The van der Waals surface area contributed by atoms with Crippen molar-refractivity contribution in [2.45, 2.75) is 49.6 Å². The summed E-state index contributed by atoms with van der Waals surface area (Å²) in [5, 5.41) is 3.38. The van der Waals surface area contributed by atoms with Gasteiger partial charge >= 0.3 is 0 Å². The fourth-order valence-corrected chi connectivity index (χ4v) is 6.51. The van der Waals surface area contributed by atoms with Crippen molar-refractivity contribution in [3.05, 3.63) is 82.4 Å². The Labute approximate surface area is 222 Å². The lowest BCUT2D eigenvalue weighted by molar-refractivity contribution is -0.128. The molecule has 0 unspecified atom stereocenters. The van der Waals surface area contributed by atoms with E-state index in [9.17, 15) is 13.2 Å². The molecule has 3 aromatic carbocycles. The molecule has 1 aliphatic heterocycles. The van der Waals surface area contributed by atoms with Gasteiger partial charge in [0.2, 0.25) is 0 Å². The normalized spacial score (nSPS) is 17.7. The predicted octanol–water partition coefficient (Wildman–Crippen LogP) is 5.06. The van der Waals surface area contributed by atoms with Crippen LogP contribution in [0.15, 0.2) is 65.6 Å². The average molecular weight is 541 g/mol. The summed E-state index contributed by atoms with van der Waals surface area (Å²) in [6.45, 7) is 1.73. The van der Waals surface area contributed by atoms with Crippen LogP contribution >= 0.6 is 11.6 Å². The topological polar surface area (TPSA) is 84.9 Å². The monoisotopic (exact) mass is 540 g/mol. The quantitative estimate of drug-likeness (QED) is 0.472. The highest BCUT2D eigenvalue weighted by Crippen LogP contribution is 2.39. The lowest BCUT2D eigenvalue weighted by Gasteiger charge is -2.35. The van der Waals surface area contributed by atoms with Crippen LogP contribution in [-0.4, -0.2) is 34.1 Å². The summed E-state index contributed by atoms with van der Waals surface area (Å²) in [5.41, 5.74) is 4.01. The van der Waals surface area contributed by atoms with E-state index in [2.05, 4.69) is 23.5 Å². The minimum atomic E-state index is -4.02. The number of nitrogens with one attached hydrogen (secondary N) is 1. The molecule has 1 heterocycles. The molecule has 0 saturated heterocycles. The second-order valence-electron chi connectivity index (χ2n) is 9.40. The molecule has 0 fully saturated rings. The highest BCUT2D eigenvalue weighted by molar-refractivity contribution is 7.92. The molecule has 2 atom stereocenters. The number of benzene rings is 3. The van der Waals surface area contributed by atoms with E-state index in [4.69, 9.17) is 21.1 Å². The lowest BCUT2D eigenvalue weighted by atomic mass is 9.89. The van der Waals surface area contributed by atoms with E-state index in [1.807, 2.05) is 6.92 Å². The van der Waals surface area contributed by atoms with Crippen molar-refractivity contribution in [3.63, 3.8) is 0 Å². The molecular weight excluding hydrogens is 512 g/mol. The van der Waals surface area contributed by atoms with Gasteiger partial charge in [0, 0.05) is 5.02 Å². The summed E-state index contributed by atoms with van der Waals surface area (Å²) < 4.78 is 39.6. The molecule has 0 aromatic heterocycles. The number of carbonyl (C=O) groups is 1. The van der Waals surface area contributed by atoms with Crippen molar-refractivity contribution in [3.8, 4) is 11.5 Å². The maximum Gasteiger partial charge on any atom is 0.264 e. The number of anilines is 1. The van der Waals surface area contributed by atoms with Crippen LogP contribution in [0.5, 0.6) is 11.5 Å². The second-order valence-corrected chi connectivity index (χ2v) is 11.7. The summed E-state index contributed by atoms with van der Waals surface area (Å²) in [5.74, 6) is 0.424. The van der Waals surface area contributed by atoms with Crippen LogP contribution in [0.3, 0.4) is 0 Å². The fraction of sp³-hybridized carbons (Fsp3) is 0.321.